The Hall–Kier alpha value is -7.23. The molecule has 0 N–H and O–H groups in total. The Bertz CT molecular complexity index is 2740. The van der Waals surface area contributed by atoms with Crippen LogP contribution in [-0.4, -0.2) is 15.0 Å². The van der Waals surface area contributed by atoms with Gasteiger partial charge in [0.1, 0.15) is 0 Å². The first-order valence-electron chi connectivity index (χ1n) is 18.7. The fourth-order valence-electron chi connectivity index (χ4n) is 7.87. The second-order valence-electron chi connectivity index (χ2n) is 14.0. The van der Waals surface area contributed by atoms with Crippen LogP contribution < -0.4 is 0 Å². The summed E-state index contributed by atoms with van der Waals surface area (Å²) in [4.78, 5) is 14.8. The highest BCUT2D eigenvalue weighted by atomic mass is 15.0. The molecule has 8 aromatic carbocycles. The third-order valence-electron chi connectivity index (χ3n) is 10.6. The Balaban J connectivity index is 0.952. The molecule has 0 aliphatic heterocycles. The summed E-state index contributed by atoms with van der Waals surface area (Å²) < 4.78 is 0. The summed E-state index contributed by atoms with van der Waals surface area (Å²) in [7, 11) is 0. The van der Waals surface area contributed by atoms with E-state index in [0.29, 0.717) is 17.5 Å². The van der Waals surface area contributed by atoms with E-state index in [0.717, 1.165) is 34.2 Å². The van der Waals surface area contributed by atoms with Crippen molar-refractivity contribution < 1.29 is 0 Å². The van der Waals surface area contributed by atoms with Gasteiger partial charge < -0.3 is 0 Å². The molecular weight excluding hydrogens is 667 g/mol. The highest BCUT2D eigenvalue weighted by Gasteiger charge is 2.24. The predicted molar refractivity (Wildman–Crippen MR) is 226 cm³/mol. The molecule has 1 aliphatic carbocycles. The number of fused-ring (bicyclic) bond motifs is 3. The van der Waals surface area contributed by atoms with Crippen LogP contribution in [0, 0.1) is 0 Å². The second kappa shape index (κ2) is 14.0. The molecule has 9 aromatic rings. The number of hydrogen-bond acceptors (Lipinski definition) is 3. The van der Waals surface area contributed by atoms with E-state index in [1.54, 1.807) is 0 Å². The van der Waals surface area contributed by atoms with Gasteiger partial charge in [-0.2, -0.15) is 0 Å². The average Bonchev–Trinajstić information content (AvgIpc) is 3.67. The van der Waals surface area contributed by atoms with Crippen molar-refractivity contribution >= 4 is 0 Å². The lowest BCUT2D eigenvalue weighted by Gasteiger charge is -2.11. The van der Waals surface area contributed by atoms with Gasteiger partial charge in [0, 0.05) is 16.7 Å². The molecule has 3 nitrogen and oxygen atoms in total. The van der Waals surface area contributed by atoms with E-state index in [2.05, 4.69) is 140 Å². The fraction of sp³-hybridized carbons (Fsp3) is 0.0192. The van der Waals surface area contributed by atoms with E-state index >= 15 is 0 Å². The van der Waals surface area contributed by atoms with E-state index in [-0.39, 0.29) is 0 Å². The Labute approximate surface area is 321 Å². The maximum Gasteiger partial charge on any atom is 0.164 e. The summed E-state index contributed by atoms with van der Waals surface area (Å²) in [6.45, 7) is 0. The maximum atomic E-state index is 4.96. The van der Waals surface area contributed by atoms with Crippen LogP contribution in [0.5, 0.6) is 0 Å². The van der Waals surface area contributed by atoms with Crippen LogP contribution in [0.2, 0.25) is 0 Å². The van der Waals surface area contributed by atoms with Crippen LogP contribution in [0.1, 0.15) is 11.1 Å². The number of rotatable bonds is 7. The highest BCUT2D eigenvalue weighted by Crippen LogP contribution is 2.45. The minimum Gasteiger partial charge on any atom is -0.208 e. The summed E-state index contributed by atoms with van der Waals surface area (Å²) in [5, 5.41) is 0. The molecule has 258 valence electrons. The zero-order valence-corrected chi connectivity index (χ0v) is 30.1. The van der Waals surface area contributed by atoms with Crippen molar-refractivity contribution in [2.24, 2.45) is 0 Å². The van der Waals surface area contributed by atoms with Gasteiger partial charge in [-0.05, 0) is 79.2 Å². The van der Waals surface area contributed by atoms with Gasteiger partial charge in [0.15, 0.2) is 17.5 Å². The van der Waals surface area contributed by atoms with Gasteiger partial charge in [0.25, 0.3) is 0 Å². The van der Waals surface area contributed by atoms with Crippen molar-refractivity contribution in [2.45, 2.75) is 6.42 Å². The average molecular weight is 702 g/mol. The normalized spacial score (nSPS) is 11.6. The van der Waals surface area contributed by atoms with Gasteiger partial charge in [-0.3, -0.25) is 0 Å². The van der Waals surface area contributed by atoms with Crippen LogP contribution >= 0.6 is 0 Å². The van der Waals surface area contributed by atoms with Crippen molar-refractivity contribution in [2.75, 3.05) is 0 Å². The molecule has 0 spiro atoms. The molecule has 0 radical (unpaired) electrons. The zero-order valence-electron chi connectivity index (χ0n) is 30.1. The van der Waals surface area contributed by atoms with Crippen molar-refractivity contribution in [3.63, 3.8) is 0 Å². The minimum absolute atomic E-state index is 0.650. The molecule has 3 heteroatoms. The van der Waals surface area contributed by atoms with E-state index in [4.69, 9.17) is 15.0 Å². The summed E-state index contributed by atoms with van der Waals surface area (Å²) >= 11 is 0. The summed E-state index contributed by atoms with van der Waals surface area (Å²) in [6, 6.07) is 70.8. The van der Waals surface area contributed by atoms with E-state index in [9.17, 15) is 0 Å². The third-order valence-corrected chi connectivity index (χ3v) is 10.6. The lowest BCUT2D eigenvalue weighted by molar-refractivity contribution is 1.07. The van der Waals surface area contributed by atoms with Crippen LogP contribution in [0.15, 0.2) is 200 Å². The monoisotopic (exact) mass is 701 g/mol. The van der Waals surface area contributed by atoms with Crippen molar-refractivity contribution in [3.05, 3.63) is 211 Å². The van der Waals surface area contributed by atoms with Gasteiger partial charge in [-0.15, -0.1) is 0 Å². The molecule has 1 aromatic heterocycles. The third kappa shape index (κ3) is 6.22. The van der Waals surface area contributed by atoms with Crippen LogP contribution in [-0.2, 0) is 6.42 Å². The van der Waals surface area contributed by atoms with Gasteiger partial charge in [-0.1, -0.05) is 194 Å². The lowest BCUT2D eigenvalue weighted by Crippen LogP contribution is -2.00. The molecule has 0 bridgehead atoms. The molecule has 0 saturated carbocycles. The lowest BCUT2D eigenvalue weighted by atomic mass is 9.93. The molecule has 0 atom stereocenters. The van der Waals surface area contributed by atoms with Crippen LogP contribution in [0.4, 0.5) is 0 Å². The molecule has 1 aliphatic rings. The van der Waals surface area contributed by atoms with Gasteiger partial charge in [0.05, 0.1) is 0 Å². The van der Waals surface area contributed by atoms with Crippen molar-refractivity contribution in [1.29, 1.82) is 0 Å². The Morgan fingerprint density at radius 3 is 1.05 bits per heavy atom. The number of benzene rings is 8. The maximum absolute atomic E-state index is 4.96. The van der Waals surface area contributed by atoms with E-state index < -0.39 is 0 Å². The fourth-order valence-corrected chi connectivity index (χ4v) is 7.87. The van der Waals surface area contributed by atoms with Gasteiger partial charge in [0.2, 0.25) is 0 Å². The van der Waals surface area contributed by atoms with Crippen LogP contribution in [0.3, 0.4) is 0 Å². The molecule has 55 heavy (non-hydrogen) atoms. The van der Waals surface area contributed by atoms with Crippen LogP contribution in [0.25, 0.3) is 89.8 Å². The van der Waals surface area contributed by atoms with Gasteiger partial charge in [-0.25, -0.2) is 15.0 Å². The standard InChI is InChI=1S/C52H35N3/c1-4-13-35(14-5-1)36-25-29-38(30-26-36)44-21-11-23-46-47-24-12-22-45(49(47)34-48(44)46)39-31-27-37(28-32-39)42-19-10-20-43(33-42)52-54-50(40-15-6-2-7-16-40)53-51(55-52)41-17-8-3-9-18-41/h1-33H,34H2. The smallest absolute Gasteiger partial charge is 0.164 e. The SMILES string of the molecule is c1ccc(-c2ccc(-c3cccc4c3Cc3c(-c5ccc(-c6cccc(-c7nc(-c8ccccc8)nc(-c8ccccc8)n7)c6)cc5)cccc3-4)cc2)cc1. The molecule has 0 amide bonds. The number of aromatic nitrogens is 3. The Kier molecular flexibility index (Phi) is 8.23. The molecule has 1 heterocycles. The van der Waals surface area contributed by atoms with E-state index in [1.165, 1.54) is 55.6 Å². The largest absolute Gasteiger partial charge is 0.208 e. The Morgan fingerprint density at radius 2 is 0.564 bits per heavy atom. The molecule has 10 rings (SSSR count). The highest BCUT2D eigenvalue weighted by molar-refractivity contribution is 5.90. The molecule has 0 fully saturated rings. The molecule has 0 saturated heterocycles. The molecular formula is C52H35N3. The minimum atomic E-state index is 0.650. The summed E-state index contributed by atoms with van der Waals surface area (Å²) in [5.74, 6) is 1.96. The number of nitrogens with zero attached hydrogens (tertiary/aromatic N) is 3. The summed E-state index contributed by atoms with van der Waals surface area (Å²) in [5.41, 5.74) is 18.1. The first kappa shape index (κ1) is 32.4. The second-order valence-corrected chi connectivity index (χ2v) is 14.0. The van der Waals surface area contributed by atoms with Crippen molar-refractivity contribution in [3.8, 4) is 89.8 Å². The zero-order chi connectivity index (χ0) is 36.6. The predicted octanol–water partition coefficient (Wildman–Crippen LogP) is 13.1. The Morgan fingerprint density at radius 1 is 0.236 bits per heavy atom. The number of hydrogen-bond donors (Lipinski definition) is 0. The van der Waals surface area contributed by atoms with E-state index in [1.807, 2.05) is 60.7 Å². The first-order chi connectivity index (χ1) is 27.2. The van der Waals surface area contributed by atoms with Crippen molar-refractivity contribution in [1.82, 2.24) is 15.0 Å². The molecule has 0 unspecified atom stereocenters. The van der Waals surface area contributed by atoms with Gasteiger partial charge >= 0.3 is 0 Å². The quantitative estimate of drug-likeness (QED) is 0.166. The summed E-state index contributed by atoms with van der Waals surface area (Å²) in [6.07, 6.45) is 0.906. The topological polar surface area (TPSA) is 38.7 Å². The first-order valence-corrected chi connectivity index (χ1v) is 18.7.